The second kappa shape index (κ2) is 16.7. The second-order valence-corrected chi connectivity index (χ2v) is 8.56. The van der Waals surface area contributed by atoms with Gasteiger partial charge in [-0.25, -0.2) is 4.79 Å². The molecular formula is C21H39N9O7. The van der Waals surface area contributed by atoms with Crippen LogP contribution in [-0.4, -0.2) is 77.3 Å². The van der Waals surface area contributed by atoms with Gasteiger partial charge in [0.25, 0.3) is 0 Å². The number of nitrogens with zero attached hydrogens (tertiary/aromatic N) is 1. The number of carbonyl (C=O) groups is 6. The molecule has 0 saturated heterocycles. The van der Waals surface area contributed by atoms with Gasteiger partial charge in [0.1, 0.15) is 18.1 Å². The molecule has 0 bridgehead atoms. The third-order valence-electron chi connectivity index (χ3n) is 5.47. The minimum atomic E-state index is -1.47. The van der Waals surface area contributed by atoms with E-state index in [1.807, 2.05) is 6.92 Å². The van der Waals surface area contributed by atoms with E-state index in [-0.39, 0.29) is 44.1 Å². The van der Waals surface area contributed by atoms with Crippen molar-refractivity contribution in [2.75, 3.05) is 6.54 Å². The Labute approximate surface area is 214 Å². The first kappa shape index (κ1) is 33.0. The average molecular weight is 530 g/mol. The standard InChI is InChI=1S/C21H39N9O7/c1-3-10(2)16(24)19(35)30-13(9-15(23)32)18(34)28-11(5-4-8-27-21(25)26)17(33)29-12(20(36)37)6-7-14(22)31/h10-13,16H,3-9,24H2,1-2H3,(H2,22,31)(H2,23,32)(H,28,34)(H,29,33)(H,30,35)(H,36,37)(H4,25,26,27). The summed E-state index contributed by atoms with van der Waals surface area (Å²) in [6.07, 6.45) is -0.425. The Balaban J connectivity index is 5.71. The van der Waals surface area contributed by atoms with Gasteiger partial charge in [0, 0.05) is 13.0 Å². The lowest BCUT2D eigenvalue weighted by molar-refractivity contribution is -0.142. The Morgan fingerprint density at radius 2 is 1.35 bits per heavy atom. The Kier molecular flexibility index (Phi) is 14.9. The van der Waals surface area contributed by atoms with Gasteiger partial charge in [-0.1, -0.05) is 20.3 Å². The molecule has 0 aliphatic carbocycles. The molecule has 0 aliphatic heterocycles. The van der Waals surface area contributed by atoms with Crippen LogP contribution in [0.2, 0.25) is 0 Å². The first-order valence-corrected chi connectivity index (χ1v) is 11.7. The minimum Gasteiger partial charge on any atom is -0.480 e. The molecule has 0 fully saturated rings. The van der Waals surface area contributed by atoms with Crippen molar-refractivity contribution in [3.05, 3.63) is 0 Å². The van der Waals surface area contributed by atoms with Crippen LogP contribution in [0, 0.1) is 5.92 Å². The normalized spacial score (nSPS) is 14.7. The van der Waals surface area contributed by atoms with E-state index in [2.05, 4.69) is 20.9 Å². The molecule has 0 aromatic heterocycles. The summed E-state index contributed by atoms with van der Waals surface area (Å²) < 4.78 is 0. The van der Waals surface area contributed by atoms with E-state index < -0.39 is 66.1 Å². The van der Waals surface area contributed by atoms with Gasteiger partial charge >= 0.3 is 5.97 Å². The molecular weight excluding hydrogens is 490 g/mol. The highest BCUT2D eigenvalue weighted by Crippen LogP contribution is 2.07. The quantitative estimate of drug-likeness (QED) is 0.0472. The monoisotopic (exact) mass is 529 g/mol. The summed E-state index contributed by atoms with van der Waals surface area (Å²) in [6, 6.07) is -5.19. The number of hydrogen-bond donors (Lipinski definition) is 9. The summed E-state index contributed by atoms with van der Waals surface area (Å²) in [5.41, 5.74) is 26.7. The van der Waals surface area contributed by atoms with Crippen LogP contribution in [-0.2, 0) is 28.8 Å². The fraction of sp³-hybridized carbons (Fsp3) is 0.667. The number of carboxylic acid groups (broad SMARTS) is 1. The number of amides is 5. The molecule has 0 radical (unpaired) electrons. The van der Waals surface area contributed by atoms with E-state index in [0.29, 0.717) is 6.42 Å². The maximum atomic E-state index is 13.0. The number of hydrogen-bond acceptors (Lipinski definition) is 8. The molecule has 37 heavy (non-hydrogen) atoms. The number of nitrogens with one attached hydrogen (secondary N) is 3. The second-order valence-electron chi connectivity index (χ2n) is 8.56. The van der Waals surface area contributed by atoms with Crippen molar-refractivity contribution in [1.29, 1.82) is 0 Å². The van der Waals surface area contributed by atoms with Crippen molar-refractivity contribution in [3.8, 4) is 0 Å². The van der Waals surface area contributed by atoms with Crippen LogP contribution in [0.25, 0.3) is 0 Å². The van der Waals surface area contributed by atoms with Gasteiger partial charge in [-0.2, -0.15) is 0 Å². The van der Waals surface area contributed by atoms with E-state index in [4.69, 9.17) is 28.7 Å². The zero-order valence-electron chi connectivity index (χ0n) is 21.1. The van der Waals surface area contributed by atoms with Gasteiger partial charge in [-0.3, -0.25) is 29.0 Å². The number of carboxylic acids is 1. The van der Waals surface area contributed by atoms with E-state index in [1.54, 1.807) is 6.92 Å². The molecule has 0 spiro atoms. The number of aliphatic imine (C=N–C) groups is 1. The first-order chi connectivity index (χ1) is 17.2. The van der Waals surface area contributed by atoms with Crippen LogP contribution in [0.15, 0.2) is 4.99 Å². The smallest absolute Gasteiger partial charge is 0.326 e. The van der Waals surface area contributed by atoms with Crippen LogP contribution in [0.3, 0.4) is 0 Å². The Morgan fingerprint density at radius 1 is 0.811 bits per heavy atom. The number of nitrogens with two attached hydrogens (primary N) is 5. The summed E-state index contributed by atoms with van der Waals surface area (Å²) in [5, 5.41) is 16.4. The summed E-state index contributed by atoms with van der Waals surface area (Å²) in [7, 11) is 0. The van der Waals surface area contributed by atoms with E-state index in [0.717, 1.165) is 0 Å². The highest BCUT2D eigenvalue weighted by atomic mass is 16.4. The lowest BCUT2D eigenvalue weighted by atomic mass is 9.99. The van der Waals surface area contributed by atoms with Crippen molar-refractivity contribution >= 4 is 41.5 Å². The Hall–Kier alpha value is -3.95. The van der Waals surface area contributed by atoms with Gasteiger partial charge in [0.2, 0.25) is 29.5 Å². The van der Waals surface area contributed by atoms with Gasteiger partial charge in [-0.05, 0) is 25.2 Å². The first-order valence-electron chi connectivity index (χ1n) is 11.7. The lowest BCUT2D eigenvalue weighted by Crippen LogP contribution is -2.58. The van der Waals surface area contributed by atoms with E-state index >= 15 is 0 Å². The van der Waals surface area contributed by atoms with Crippen LogP contribution in [0.5, 0.6) is 0 Å². The summed E-state index contributed by atoms with van der Waals surface area (Å²) in [6.45, 7) is 3.66. The van der Waals surface area contributed by atoms with Crippen LogP contribution in [0.1, 0.15) is 52.4 Å². The predicted octanol–water partition coefficient (Wildman–Crippen LogP) is -3.91. The van der Waals surface area contributed by atoms with Crippen LogP contribution < -0.4 is 44.6 Å². The molecule has 5 atom stereocenters. The lowest BCUT2D eigenvalue weighted by Gasteiger charge is -2.25. The SMILES string of the molecule is CCC(C)C(N)C(=O)NC(CC(N)=O)C(=O)NC(CCCN=C(N)N)C(=O)NC(CCC(N)=O)C(=O)O. The zero-order valence-corrected chi connectivity index (χ0v) is 21.1. The molecule has 16 nitrogen and oxygen atoms in total. The molecule has 0 heterocycles. The number of guanidine groups is 1. The van der Waals surface area contributed by atoms with Crippen molar-refractivity contribution in [3.63, 3.8) is 0 Å². The van der Waals surface area contributed by atoms with Gasteiger partial charge in [0.15, 0.2) is 5.96 Å². The van der Waals surface area contributed by atoms with Crippen molar-refractivity contribution in [2.24, 2.45) is 39.6 Å². The van der Waals surface area contributed by atoms with Gasteiger partial charge in [-0.15, -0.1) is 0 Å². The highest BCUT2D eigenvalue weighted by molar-refractivity contribution is 5.96. The summed E-state index contributed by atoms with van der Waals surface area (Å²) >= 11 is 0. The number of primary amides is 2. The van der Waals surface area contributed by atoms with E-state index in [9.17, 15) is 33.9 Å². The minimum absolute atomic E-state index is 0.0415. The van der Waals surface area contributed by atoms with Crippen LogP contribution >= 0.6 is 0 Å². The molecule has 0 rings (SSSR count). The third kappa shape index (κ3) is 13.6. The average Bonchev–Trinajstić information content (AvgIpc) is 2.80. The predicted molar refractivity (Wildman–Crippen MR) is 133 cm³/mol. The molecule has 0 aromatic rings. The van der Waals surface area contributed by atoms with Crippen molar-refractivity contribution in [1.82, 2.24) is 16.0 Å². The summed E-state index contributed by atoms with van der Waals surface area (Å²) in [5.74, 6) is -6.00. The molecule has 210 valence electrons. The summed E-state index contributed by atoms with van der Waals surface area (Å²) in [4.78, 5) is 76.2. The largest absolute Gasteiger partial charge is 0.480 e. The molecule has 0 aromatic carbocycles. The molecule has 5 amide bonds. The molecule has 14 N–H and O–H groups in total. The van der Waals surface area contributed by atoms with E-state index in [1.165, 1.54) is 0 Å². The fourth-order valence-corrected chi connectivity index (χ4v) is 3.05. The van der Waals surface area contributed by atoms with Crippen LogP contribution in [0.4, 0.5) is 0 Å². The topological polar surface area (TPSA) is 301 Å². The maximum Gasteiger partial charge on any atom is 0.326 e. The third-order valence-corrected chi connectivity index (χ3v) is 5.47. The number of aliphatic carboxylic acids is 1. The maximum absolute atomic E-state index is 13.0. The highest BCUT2D eigenvalue weighted by Gasteiger charge is 2.31. The molecule has 0 aliphatic rings. The van der Waals surface area contributed by atoms with Gasteiger partial charge < -0.3 is 49.7 Å². The molecule has 0 saturated carbocycles. The van der Waals surface area contributed by atoms with Crippen molar-refractivity contribution < 1.29 is 33.9 Å². The number of carbonyl (C=O) groups excluding carboxylic acids is 5. The van der Waals surface area contributed by atoms with Crippen molar-refractivity contribution in [2.45, 2.75) is 76.5 Å². The Morgan fingerprint density at radius 3 is 1.84 bits per heavy atom. The van der Waals surface area contributed by atoms with Gasteiger partial charge in [0.05, 0.1) is 12.5 Å². The molecule has 16 heteroatoms. The fourth-order valence-electron chi connectivity index (χ4n) is 3.05. The number of rotatable bonds is 18. The molecule has 5 unspecified atom stereocenters. The Bertz CT molecular complexity index is 861. The zero-order chi connectivity index (χ0) is 28.7.